The van der Waals surface area contributed by atoms with Gasteiger partial charge >= 0.3 is 0 Å². The fourth-order valence-corrected chi connectivity index (χ4v) is 3.26. The molecule has 3 heterocycles. The van der Waals surface area contributed by atoms with Crippen LogP contribution in [-0.2, 0) is 11.5 Å². The molecule has 0 aromatic carbocycles. The third kappa shape index (κ3) is 1.62. The molecule has 86 valence electrons. The number of nitrogens with zero attached hydrogens (tertiary/aromatic N) is 3. The highest BCUT2D eigenvalue weighted by atomic mass is 32.2. The van der Waals surface area contributed by atoms with Crippen LogP contribution in [0.4, 0.5) is 11.8 Å². The van der Waals surface area contributed by atoms with Crippen molar-refractivity contribution >= 4 is 23.5 Å². The molecule has 16 heavy (non-hydrogen) atoms. The van der Waals surface area contributed by atoms with Gasteiger partial charge in [-0.2, -0.15) is 16.7 Å². The van der Waals surface area contributed by atoms with Gasteiger partial charge in [0, 0.05) is 30.2 Å². The van der Waals surface area contributed by atoms with Gasteiger partial charge in [0.15, 0.2) is 0 Å². The second kappa shape index (κ2) is 4.10. The number of hydrazine groups is 1. The molecule has 1 saturated heterocycles. The SMILES string of the molecule is NNc1nc(N2CCCC2)nc2c1CSC2. The van der Waals surface area contributed by atoms with Crippen LogP contribution in [0.1, 0.15) is 24.1 Å². The Labute approximate surface area is 98.8 Å². The van der Waals surface area contributed by atoms with Gasteiger partial charge in [0.05, 0.1) is 5.69 Å². The Kier molecular flexibility index (Phi) is 2.61. The van der Waals surface area contributed by atoms with E-state index in [1.54, 1.807) is 0 Å². The Hall–Kier alpha value is -1.01. The molecule has 1 aromatic rings. The maximum atomic E-state index is 5.52. The molecule has 0 atom stereocenters. The first-order valence-corrected chi connectivity index (χ1v) is 6.73. The molecule has 0 aliphatic carbocycles. The predicted octanol–water partition coefficient (Wildman–Crippen LogP) is 1.11. The van der Waals surface area contributed by atoms with Gasteiger partial charge in [-0.25, -0.2) is 10.8 Å². The number of nitrogens with one attached hydrogen (secondary N) is 1. The van der Waals surface area contributed by atoms with Gasteiger partial charge in [0.25, 0.3) is 0 Å². The summed E-state index contributed by atoms with van der Waals surface area (Å²) in [6.07, 6.45) is 2.47. The lowest BCUT2D eigenvalue weighted by Gasteiger charge is -2.17. The van der Waals surface area contributed by atoms with Crippen molar-refractivity contribution in [2.75, 3.05) is 23.4 Å². The number of nitrogens with two attached hydrogens (primary N) is 1. The molecule has 3 rings (SSSR count). The first-order valence-electron chi connectivity index (χ1n) is 5.57. The van der Waals surface area contributed by atoms with Crippen molar-refractivity contribution in [1.29, 1.82) is 0 Å². The van der Waals surface area contributed by atoms with E-state index in [1.807, 2.05) is 11.8 Å². The zero-order valence-electron chi connectivity index (χ0n) is 9.07. The first kappa shape index (κ1) is 10.2. The second-order valence-corrected chi connectivity index (χ2v) is 5.11. The number of hydrogen-bond acceptors (Lipinski definition) is 6. The molecule has 0 spiro atoms. The summed E-state index contributed by atoms with van der Waals surface area (Å²) in [4.78, 5) is 11.4. The van der Waals surface area contributed by atoms with Crippen LogP contribution in [-0.4, -0.2) is 23.1 Å². The van der Waals surface area contributed by atoms with E-state index in [9.17, 15) is 0 Å². The lowest BCUT2D eigenvalue weighted by molar-refractivity contribution is 0.883. The summed E-state index contributed by atoms with van der Waals surface area (Å²) in [7, 11) is 0. The summed E-state index contributed by atoms with van der Waals surface area (Å²) in [5.41, 5.74) is 5.02. The molecule has 0 unspecified atom stereocenters. The highest BCUT2D eigenvalue weighted by molar-refractivity contribution is 7.98. The molecule has 0 amide bonds. The lowest BCUT2D eigenvalue weighted by Crippen LogP contribution is -2.22. The molecule has 3 N–H and O–H groups in total. The second-order valence-electron chi connectivity index (χ2n) is 4.13. The first-order chi connectivity index (χ1) is 7.88. The molecular formula is C10H15N5S. The van der Waals surface area contributed by atoms with Gasteiger partial charge in [0.2, 0.25) is 5.95 Å². The molecule has 6 heteroatoms. The predicted molar refractivity (Wildman–Crippen MR) is 66.3 cm³/mol. The number of fused-ring (bicyclic) bond motifs is 1. The van der Waals surface area contributed by atoms with Crippen LogP contribution in [0.2, 0.25) is 0 Å². The van der Waals surface area contributed by atoms with Gasteiger partial charge in [-0.3, -0.25) is 0 Å². The summed E-state index contributed by atoms with van der Waals surface area (Å²) in [5, 5.41) is 0. The van der Waals surface area contributed by atoms with Crippen molar-refractivity contribution in [3.05, 3.63) is 11.3 Å². The van der Waals surface area contributed by atoms with Crippen LogP contribution in [0.25, 0.3) is 0 Å². The molecule has 0 bridgehead atoms. The third-order valence-electron chi connectivity index (χ3n) is 3.09. The van der Waals surface area contributed by atoms with Crippen molar-refractivity contribution in [1.82, 2.24) is 9.97 Å². The molecule has 5 nitrogen and oxygen atoms in total. The summed E-state index contributed by atoms with van der Waals surface area (Å²) in [5.74, 6) is 9.11. The van der Waals surface area contributed by atoms with E-state index in [4.69, 9.17) is 5.84 Å². The van der Waals surface area contributed by atoms with Crippen LogP contribution in [0.15, 0.2) is 0 Å². The Morgan fingerprint density at radius 3 is 2.75 bits per heavy atom. The fourth-order valence-electron chi connectivity index (χ4n) is 2.22. The summed E-state index contributed by atoms with van der Waals surface area (Å²) in [6.45, 7) is 2.13. The largest absolute Gasteiger partial charge is 0.341 e. The Bertz CT molecular complexity index is 402. The number of thioether (sulfide) groups is 1. The van der Waals surface area contributed by atoms with Gasteiger partial charge in [0.1, 0.15) is 5.82 Å². The molecule has 2 aliphatic heterocycles. The zero-order chi connectivity index (χ0) is 11.0. The smallest absolute Gasteiger partial charge is 0.227 e. The molecular weight excluding hydrogens is 222 g/mol. The van der Waals surface area contributed by atoms with E-state index in [0.29, 0.717) is 0 Å². The number of rotatable bonds is 2. The number of anilines is 2. The van der Waals surface area contributed by atoms with Crippen LogP contribution < -0.4 is 16.2 Å². The maximum Gasteiger partial charge on any atom is 0.227 e. The van der Waals surface area contributed by atoms with Gasteiger partial charge in [-0.15, -0.1) is 0 Å². The minimum Gasteiger partial charge on any atom is -0.341 e. The van der Waals surface area contributed by atoms with Crippen molar-refractivity contribution in [2.24, 2.45) is 5.84 Å². The van der Waals surface area contributed by atoms with E-state index in [0.717, 1.165) is 42.1 Å². The molecule has 2 aliphatic rings. The van der Waals surface area contributed by atoms with Gasteiger partial charge in [-0.1, -0.05) is 0 Å². The summed E-state index contributed by atoms with van der Waals surface area (Å²) in [6, 6.07) is 0. The van der Waals surface area contributed by atoms with Crippen molar-refractivity contribution in [3.8, 4) is 0 Å². The average molecular weight is 237 g/mol. The monoisotopic (exact) mass is 237 g/mol. The van der Waals surface area contributed by atoms with E-state index in [2.05, 4.69) is 20.3 Å². The van der Waals surface area contributed by atoms with E-state index >= 15 is 0 Å². The maximum absolute atomic E-state index is 5.52. The highest BCUT2D eigenvalue weighted by Gasteiger charge is 2.22. The van der Waals surface area contributed by atoms with Crippen molar-refractivity contribution in [2.45, 2.75) is 24.3 Å². The molecule has 0 saturated carbocycles. The van der Waals surface area contributed by atoms with Crippen LogP contribution in [0.3, 0.4) is 0 Å². The number of aromatic nitrogens is 2. The van der Waals surface area contributed by atoms with Crippen LogP contribution in [0.5, 0.6) is 0 Å². The van der Waals surface area contributed by atoms with Crippen LogP contribution >= 0.6 is 11.8 Å². The van der Waals surface area contributed by atoms with E-state index in [1.165, 1.54) is 18.4 Å². The average Bonchev–Trinajstić information content (AvgIpc) is 2.97. The minimum atomic E-state index is 0.803. The normalized spacial score (nSPS) is 18.9. The highest BCUT2D eigenvalue weighted by Crippen LogP contribution is 2.34. The number of hydrogen-bond donors (Lipinski definition) is 2. The molecule has 1 aromatic heterocycles. The molecule has 1 fully saturated rings. The van der Waals surface area contributed by atoms with Crippen molar-refractivity contribution in [3.63, 3.8) is 0 Å². The Morgan fingerprint density at radius 2 is 2.00 bits per heavy atom. The fraction of sp³-hybridized carbons (Fsp3) is 0.600. The van der Waals surface area contributed by atoms with Crippen molar-refractivity contribution < 1.29 is 0 Å². The Balaban J connectivity index is 2.00. The lowest BCUT2D eigenvalue weighted by atomic mass is 10.2. The van der Waals surface area contributed by atoms with Crippen LogP contribution in [0, 0.1) is 0 Å². The zero-order valence-corrected chi connectivity index (χ0v) is 9.89. The number of nitrogen functional groups attached to an aromatic ring is 1. The topological polar surface area (TPSA) is 67.1 Å². The Morgan fingerprint density at radius 1 is 1.19 bits per heavy atom. The molecule has 0 radical (unpaired) electrons. The van der Waals surface area contributed by atoms with Gasteiger partial charge in [-0.05, 0) is 12.8 Å². The van der Waals surface area contributed by atoms with E-state index in [-0.39, 0.29) is 0 Å². The van der Waals surface area contributed by atoms with E-state index < -0.39 is 0 Å². The summed E-state index contributed by atoms with van der Waals surface area (Å²) >= 11 is 1.87. The minimum absolute atomic E-state index is 0.803. The van der Waals surface area contributed by atoms with Gasteiger partial charge < -0.3 is 10.3 Å². The third-order valence-corrected chi connectivity index (χ3v) is 4.06. The standard InChI is InChI=1S/C10H15N5S/c11-14-9-7-5-16-6-8(7)12-10(13-9)15-3-1-2-4-15/h1-6,11H2,(H,12,13,14). The summed E-state index contributed by atoms with van der Waals surface area (Å²) < 4.78 is 0. The quantitative estimate of drug-likeness (QED) is 0.593.